The lowest BCUT2D eigenvalue weighted by atomic mass is 10.1. The maximum Gasteiger partial charge on any atom is 0.302 e. The van der Waals surface area contributed by atoms with Crippen LogP contribution in [0.5, 0.6) is 0 Å². The van der Waals surface area contributed by atoms with Gasteiger partial charge in [-0.25, -0.2) is 0 Å². The van der Waals surface area contributed by atoms with Gasteiger partial charge in [0.2, 0.25) is 0 Å². The molecule has 0 aliphatic carbocycles. The molecule has 1 unspecified atom stereocenters. The molecule has 102 valence electrons. The summed E-state index contributed by atoms with van der Waals surface area (Å²) in [6, 6.07) is 0. The van der Waals surface area contributed by atoms with E-state index in [2.05, 4.69) is 9.80 Å². The van der Waals surface area contributed by atoms with Gasteiger partial charge in [0, 0.05) is 6.92 Å². The van der Waals surface area contributed by atoms with Crippen molar-refractivity contribution >= 4 is 23.4 Å². The van der Waals surface area contributed by atoms with E-state index in [0.717, 1.165) is 19.8 Å². The average molecular weight is 272 g/mol. The molecule has 2 aliphatic heterocycles. The second kappa shape index (κ2) is 6.33. The van der Waals surface area contributed by atoms with Crippen molar-refractivity contribution in [3.63, 3.8) is 0 Å². The van der Waals surface area contributed by atoms with E-state index in [1.165, 1.54) is 26.2 Å². The third-order valence-electron chi connectivity index (χ3n) is 3.24. The summed E-state index contributed by atoms with van der Waals surface area (Å²) >= 11 is 5.20. The van der Waals surface area contributed by atoms with Crippen molar-refractivity contribution in [3.8, 4) is 0 Å². The van der Waals surface area contributed by atoms with Gasteiger partial charge in [-0.3, -0.25) is 9.69 Å². The molecule has 0 aromatic rings. The van der Waals surface area contributed by atoms with E-state index in [0.29, 0.717) is 11.7 Å². The summed E-state index contributed by atoms with van der Waals surface area (Å²) in [4.78, 5) is 15.2. The molecule has 5 nitrogen and oxygen atoms in total. The third-order valence-corrected chi connectivity index (χ3v) is 3.60. The molecule has 0 aromatic heterocycles. The van der Waals surface area contributed by atoms with E-state index < -0.39 is 0 Å². The first kappa shape index (κ1) is 13.5. The Morgan fingerprint density at radius 2 is 2.17 bits per heavy atom. The molecule has 2 fully saturated rings. The number of ether oxygens (including phenoxy) is 2. The highest BCUT2D eigenvalue weighted by Crippen LogP contribution is 2.15. The van der Waals surface area contributed by atoms with E-state index in [-0.39, 0.29) is 18.7 Å². The normalized spacial score (nSPS) is 25.1. The topological polar surface area (TPSA) is 42.0 Å². The van der Waals surface area contributed by atoms with Crippen LogP contribution in [0.1, 0.15) is 26.2 Å². The molecule has 1 atom stereocenters. The maximum atomic E-state index is 10.7. The van der Waals surface area contributed by atoms with Crippen LogP contribution in [0.25, 0.3) is 0 Å². The van der Waals surface area contributed by atoms with Crippen LogP contribution in [-0.2, 0) is 14.3 Å². The number of thiocarbonyl (C=S) groups is 1. The SMILES string of the molecule is CC(=O)OCC1CN(CN2CCCCC2)C(=S)O1. The zero-order valence-corrected chi connectivity index (χ0v) is 11.6. The van der Waals surface area contributed by atoms with Crippen LogP contribution in [-0.4, -0.2) is 60.0 Å². The lowest BCUT2D eigenvalue weighted by Gasteiger charge is -2.30. The Hall–Kier alpha value is -0.880. The number of nitrogens with zero attached hydrogens (tertiary/aromatic N) is 2. The van der Waals surface area contributed by atoms with Crippen molar-refractivity contribution in [2.45, 2.75) is 32.3 Å². The van der Waals surface area contributed by atoms with E-state index in [1.807, 2.05) is 0 Å². The van der Waals surface area contributed by atoms with Gasteiger partial charge < -0.3 is 14.4 Å². The molecule has 2 heterocycles. The van der Waals surface area contributed by atoms with Gasteiger partial charge in [0.1, 0.15) is 6.61 Å². The van der Waals surface area contributed by atoms with E-state index in [9.17, 15) is 4.79 Å². The summed E-state index contributed by atoms with van der Waals surface area (Å²) < 4.78 is 10.5. The van der Waals surface area contributed by atoms with Gasteiger partial charge in [-0.1, -0.05) is 6.42 Å². The van der Waals surface area contributed by atoms with Crippen LogP contribution in [0.15, 0.2) is 0 Å². The summed E-state index contributed by atoms with van der Waals surface area (Å²) in [6.07, 6.45) is 3.73. The van der Waals surface area contributed by atoms with Gasteiger partial charge in [-0.2, -0.15) is 0 Å². The van der Waals surface area contributed by atoms with Crippen molar-refractivity contribution in [3.05, 3.63) is 0 Å². The number of hydrogen-bond donors (Lipinski definition) is 0. The molecule has 0 saturated carbocycles. The van der Waals surface area contributed by atoms with Gasteiger partial charge in [0.05, 0.1) is 13.2 Å². The van der Waals surface area contributed by atoms with E-state index in [4.69, 9.17) is 21.7 Å². The molecule has 0 aromatic carbocycles. The first-order chi connectivity index (χ1) is 8.65. The maximum absolute atomic E-state index is 10.7. The molecular weight excluding hydrogens is 252 g/mol. The summed E-state index contributed by atoms with van der Waals surface area (Å²) in [5.74, 6) is -0.279. The number of esters is 1. The summed E-state index contributed by atoms with van der Waals surface area (Å²) in [7, 11) is 0. The summed E-state index contributed by atoms with van der Waals surface area (Å²) in [6.45, 7) is 5.49. The number of hydrogen-bond acceptors (Lipinski definition) is 5. The number of likely N-dealkylation sites (tertiary alicyclic amines) is 1. The molecule has 6 heteroatoms. The molecule has 0 amide bonds. The highest BCUT2D eigenvalue weighted by atomic mass is 32.1. The quantitative estimate of drug-likeness (QED) is 0.561. The van der Waals surface area contributed by atoms with Crippen molar-refractivity contribution in [2.75, 3.05) is 32.9 Å². The van der Waals surface area contributed by atoms with Crippen LogP contribution in [0.2, 0.25) is 0 Å². The fraction of sp³-hybridized carbons (Fsp3) is 0.833. The Balaban J connectivity index is 1.75. The molecule has 0 N–H and O–H groups in total. The Morgan fingerprint density at radius 1 is 1.44 bits per heavy atom. The molecule has 2 rings (SSSR count). The molecular formula is C12H20N2O3S. The van der Waals surface area contributed by atoms with Gasteiger partial charge in [-0.05, 0) is 38.1 Å². The van der Waals surface area contributed by atoms with E-state index >= 15 is 0 Å². The Kier molecular flexibility index (Phi) is 4.77. The minimum Gasteiger partial charge on any atom is -0.462 e. The largest absolute Gasteiger partial charge is 0.462 e. The Bertz CT molecular complexity index is 318. The molecule has 0 bridgehead atoms. The third kappa shape index (κ3) is 3.81. The van der Waals surface area contributed by atoms with Crippen molar-refractivity contribution in [2.24, 2.45) is 0 Å². The van der Waals surface area contributed by atoms with Crippen molar-refractivity contribution < 1.29 is 14.3 Å². The smallest absolute Gasteiger partial charge is 0.302 e. The van der Waals surface area contributed by atoms with Gasteiger partial charge in [0.15, 0.2) is 6.10 Å². The van der Waals surface area contributed by atoms with Gasteiger partial charge >= 0.3 is 5.97 Å². The number of piperidine rings is 1. The van der Waals surface area contributed by atoms with Gasteiger partial charge in [-0.15, -0.1) is 0 Å². The highest BCUT2D eigenvalue weighted by Gasteiger charge is 2.30. The standard InChI is InChI=1S/C12H20N2O3S/c1-10(15)16-8-11-7-14(12(18)17-11)9-13-5-3-2-4-6-13/h11H,2-9H2,1H3. The summed E-state index contributed by atoms with van der Waals surface area (Å²) in [5, 5.41) is 0.526. The second-order valence-electron chi connectivity index (χ2n) is 4.85. The van der Waals surface area contributed by atoms with Gasteiger partial charge in [0.25, 0.3) is 5.17 Å². The number of carbonyl (C=O) groups excluding carboxylic acids is 1. The first-order valence-corrected chi connectivity index (χ1v) is 6.87. The first-order valence-electron chi connectivity index (χ1n) is 6.46. The van der Waals surface area contributed by atoms with Crippen LogP contribution < -0.4 is 0 Å². The second-order valence-corrected chi connectivity index (χ2v) is 5.20. The zero-order valence-electron chi connectivity index (χ0n) is 10.8. The lowest BCUT2D eigenvalue weighted by Crippen LogP contribution is -2.41. The number of rotatable bonds is 4. The highest BCUT2D eigenvalue weighted by molar-refractivity contribution is 7.80. The molecule has 18 heavy (non-hydrogen) atoms. The Labute approximate surface area is 113 Å². The monoisotopic (exact) mass is 272 g/mol. The minimum atomic E-state index is -0.279. The van der Waals surface area contributed by atoms with Crippen molar-refractivity contribution in [1.29, 1.82) is 0 Å². The van der Waals surface area contributed by atoms with Crippen LogP contribution >= 0.6 is 12.2 Å². The Morgan fingerprint density at radius 3 is 2.83 bits per heavy atom. The predicted molar refractivity (Wildman–Crippen MR) is 71.1 cm³/mol. The molecule has 0 radical (unpaired) electrons. The average Bonchev–Trinajstić information content (AvgIpc) is 2.69. The van der Waals surface area contributed by atoms with E-state index in [1.54, 1.807) is 0 Å². The molecule has 2 saturated heterocycles. The molecule has 2 aliphatic rings. The fourth-order valence-corrected chi connectivity index (χ4v) is 2.60. The van der Waals surface area contributed by atoms with Crippen LogP contribution in [0.3, 0.4) is 0 Å². The van der Waals surface area contributed by atoms with Crippen LogP contribution in [0, 0.1) is 0 Å². The van der Waals surface area contributed by atoms with Crippen LogP contribution in [0.4, 0.5) is 0 Å². The summed E-state index contributed by atoms with van der Waals surface area (Å²) in [5.41, 5.74) is 0. The molecule has 0 spiro atoms. The zero-order chi connectivity index (χ0) is 13.0. The minimum absolute atomic E-state index is 0.119. The lowest BCUT2D eigenvalue weighted by molar-refractivity contribution is -0.143. The van der Waals surface area contributed by atoms with Crippen molar-refractivity contribution in [1.82, 2.24) is 9.80 Å². The fourth-order valence-electron chi connectivity index (χ4n) is 2.33. The predicted octanol–water partition coefficient (Wildman–Crippen LogP) is 0.979. The number of carbonyl (C=O) groups is 1.